The normalized spacial score (nSPS) is 14.4. The highest BCUT2D eigenvalue weighted by Gasteiger charge is 2.27. The zero-order valence-electron chi connectivity index (χ0n) is 18.1. The Balaban J connectivity index is 1.33. The number of halogens is 1. The predicted octanol–water partition coefficient (Wildman–Crippen LogP) is 3.96. The molecule has 0 saturated heterocycles. The van der Waals surface area contributed by atoms with Gasteiger partial charge < -0.3 is 19.5 Å². The molecule has 2 heterocycles. The Bertz CT molecular complexity index is 1100. The molecule has 166 valence electrons. The average Bonchev–Trinajstić information content (AvgIpc) is 3.23. The lowest BCUT2D eigenvalue weighted by molar-refractivity contribution is -0.121. The van der Waals surface area contributed by atoms with Gasteiger partial charge in [-0.3, -0.25) is 9.78 Å². The Morgan fingerprint density at radius 3 is 2.75 bits per heavy atom. The summed E-state index contributed by atoms with van der Waals surface area (Å²) in [6, 6.07) is 14.0. The number of aromatic nitrogens is 1. The van der Waals surface area contributed by atoms with Gasteiger partial charge in [0.1, 0.15) is 17.7 Å². The predicted molar refractivity (Wildman–Crippen MR) is 119 cm³/mol. The molecule has 4 rings (SSSR count). The largest absolute Gasteiger partial charge is 0.493 e. The molecule has 1 aliphatic rings. The summed E-state index contributed by atoms with van der Waals surface area (Å²) in [6.45, 7) is 0.350. The smallest absolute Gasteiger partial charge is 0.220 e. The number of amides is 1. The molecule has 0 saturated carbocycles. The molecule has 1 aromatic heterocycles. The fourth-order valence-electron chi connectivity index (χ4n) is 3.83. The minimum Gasteiger partial charge on any atom is -0.493 e. The maximum atomic E-state index is 14.1. The lowest BCUT2D eigenvalue weighted by Crippen LogP contribution is -2.34. The molecule has 1 amide bonds. The van der Waals surface area contributed by atoms with Gasteiger partial charge in [0, 0.05) is 30.2 Å². The van der Waals surface area contributed by atoms with Crippen molar-refractivity contribution in [3.8, 4) is 28.5 Å². The highest BCUT2D eigenvalue weighted by atomic mass is 19.1. The number of hydrogen-bond donors (Lipinski definition) is 1. The number of carbonyl (C=O) groups is 1. The highest BCUT2D eigenvalue weighted by molar-refractivity contribution is 5.76. The molecule has 0 spiro atoms. The second-order valence-electron chi connectivity index (χ2n) is 7.59. The summed E-state index contributed by atoms with van der Waals surface area (Å²) in [5.41, 5.74) is 3.05. The Hall–Kier alpha value is -3.61. The van der Waals surface area contributed by atoms with Crippen molar-refractivity contribution in [1.82, 2.24) is 10.3 Å². The zero-order valence-corrected chi connectivity index (χ0v) is 18.1. The third-order valence-corrected chi connectivity index (χ3v) is 5.42. The molecule has 1 aliphatic heterocycles. The first-order valence-electron chi connectivity index (χ1n) is 10.5. The maximum Gasteiger partial charge on any atom is 0.220 e. The summed E-state index contributed by atoms with van der Waals surface area (Å²) in [5.74, 6) is 1.52. The lowest BCUT2D eigenvalue weighted by atomic mass is 10.0. The minimum atomic E-state index is -0.326. The van der Waals surface area contributed by atoms with E-state index in [2.05, 4.69) is 10.3 Å². The van der Waals surface area contributed by atoms with E-state index in [0.29, 0.717) is 54.3 Å². The molecule has 32 heavy (non-hydrogen) atoms. The van der Waals surface area contributed by atoms with E-state index in [1.54, 1.807) is 20.4 Å². The van der Waals surface area contributed by atoms with Crippen LogP contribution >= 0.6 is 0 Å². The van der Waals surface area contributed by atoms with E-state index < -0.39 is 0 Å². The fourth-order valence-corrected chi connectivity index (χ4v) is 3.83. The number of nitrogens with zero attached hydrogens (tertiary/aromatic N) is 1. The van der Waals surface area contributed by atoms with Crippen molar-refractivity contribution in [3.63, 3.8) is 0 Å². The van der Waals surface area contributed by atoms with Gasteiger partial charge in [-0.15, -0.1) is 0 Å². The van der Waals surface area contributed by atoms with E-state index in [1.807, 2.05) is 36.4 Å². The number of fused-ring (bicyclic) bond motifs is 1. The molecule has 0 radical (unpaired) electrons. The molecule has 3 aromatic rings. The topological polar surface area (TPSA) is 69.7 Å². The van der Waals surface area contributed by atoms with Crippen molar-refractivity contribution in [2.24, 2.45) is 0 Å². The number of nitrogens with one attached hydrogen (secondary N) is 1. The van der Waals surface area contributed by atoms with Gasteiger partial charge in [0.2, 0.25) is 5.91 Å². The van der Waals surface area contributed by atoms with Gasteiger partial charge >= 0.3 is 0 Å². The molecule has 0 bridgehead atoms. The first kappa shape index (κ1) is 21.6. The van der Waals surface area contributed by atoms with E-state index in [4.69, 9.17) is 14.2 Å². The van der Waals surface area contributed by atoms with Crippen LogP contribution in [-0.2, 0) is 17.6 Å². The quantitative estimate of drug-likeness (QED) is 0.579. The molecule has 0 fully saturated rings. The number of hydrogen-bond acceptors (Lipinski definition) is 5. The molecule has 1 N–H and O–H groups in total. The first-order valence-corrected chi connectivity index (χ1v) is 10.5. The summed E-state index contributed by atoms with van der Waals surface area (Å²) in [7, 11) is 3.17. The van der Waals surface area contributed by atoms with E-state index >= 15 is 0 Å². The zero-order chi connectivity index (χ0) is 22.5. The van der Waals surface area contributed by atoms with Gasteiger partial charge in [-0.25, -0.2) is 4.39 Å². The van der Waals surface area contributed by atoms with Crippen molar-refractivity contribution < 1.29 is 23.4 Å². The maximum absolute atomic E-state index is 14.1. The van der Waals surface area contributed by atoms with Gasteiger partial charge in [0.05, 0.1) is 26.5 Å². The summed E-state index contributed by atoms with van der Waals surface area (Å²) in [5, 5.41) is 2.93. The van der Waals surface area contributed by atoms with Gasteiger partial charge in [0.15, 0.2) is 11.5 Å². The molecule has 1 atom stereocenters. The molecular formula is C25H25FN2O4. The third kappa shape index (κ3) is 4.82. The van der Waals surface area contributed by atoms with Gasteiger partial charge in [0.25, 0.3) is 0 Å². The van der Waals surface area contributed by atoms with E-state index in [1.165, 1.54) is 12.1 Å². The number of aryl methyl sites for hydroxylation is 1. The monoisotopic (exact) mass is 436 g/mol. The Labute approximate surface area is 186 Å². The van der Waals surface area contributed by atoms with Crippen molar-refractivity contribution in [2.75, 3.05) is 20.8 Å². The summed E-state index contributed by atoms with van der Waals surface area (Å²) >= 11 is 0. The second-order valence-corrected chi connectivity index (χ2v) is 7.59. The number of carbonyl (C=O) groups excluding carboxylic acids is 1. The molecule has 0 aliphatic carbocycles. The fraction of sp³-hybridized carbons (Fsp3) is 0.280. The van der Waals surface area contributed by atoms with Gasteiger partial charge in [-0.2, -0.15) is 0 Å². The summed E-state index contributed by atoms with van der Waals surface area (Å²) in [4.78, 5) is 16.7. The molecule has 7 heteroatoms. The summed E-state index contributed by atoms with van der Waals surface area (Å²) in [6.07, 6.45) is 2.86. The SMILES string of the molecule is COc1ccc(CCC(=O)NC[C@H]2Cc3cc(F)cc(-c4ccccn4)c3O2)cc1OC. The number of ether oxygens (including phenoxy) is 3. The van der Waals surface area contributed by atoms with Crippen molar-refractivity contribution >= 4 is 5.91 Å². The lowest BCUT2D eigenvalue weighted by Gasteiger charge is -2.14. The van der Waals surface area contributed by atoms with Crippen LogP contribution in [-0.4, -0.2) is 37.8 Å². The van der Waals surface area contributed by atoms with Crippen LogP contribution in [0.25, 0.3) is 11.3 Å². The first-order chi connectivity index (χ1) is 15.6. The average molecular weight is 436 g/mol. The third-order valence-electron chi connectivity index (χ3n) is 5.42. The van der Waals surface area contributed by atoms with Gasteiger partial charge in [-0.05, 0) is 48.4 Å². The number of benzene rings is 2. The van der Waals surface area contributed by atoms with Crippen LogP contribution in [0.1, 0.15) is 17.5 Å². The molecular weight excluding hydrogens is 411 g/mol. The minimum absolute atomic E-state index is 0.0736. The number of methoxy groups -OCH3 is 2. The van der Waals surface area contributed by atoms with Crippen molar-refractivity contribution in [3.05, 3.63) is 71.7 Å². The van der Waals surface area contributed by atoms with Crippen molar-refractivity contribution in [2.45, 2.75) is 25.4 Å². The molecule has 0 unspecified atom stereocenters. The van der Waals surface area contributed by atoms with E-state index in [9.17, 15) is 9.18 Å². The second kappa shape index (κ2) is 9.68. The molecule has 2 aromatic carbocycles. The van der Waals surface area contributed by atoms with Crippen LogP contribution < -0.4 is 19.5 Å². The number of rotatable bonds is 8. The van der Waals surface area contributed by atoms with Crippen LogP contribution in [0.3, 0.4) is 0 Å². The van der Waals surface area contributed by atoms with Crippen LogP contribution in [0.4, 0.5) is 4.39 Å². The van der Waals surface area contributed by atoms with Crippen LogP contribution in [0.15, 0.2) is 54.7 Å². The van der Waals surface area contributed by atoms with Crippen LogP contribution in [0.5, 0.6) is 17.2 Å². The Morgan fingerprint density at radius 2 is 2.00 bits per heavy atom. The number of pyridine rings is 1. The Kier molecular flexibility index (Phi) is 6.54. The summed E-state index contributed by atoms with van der Waals surface area (Å²) < 4.78 is 30.8. The van der Waals surface area contributed by atoms with Crippen LogP contribution in [0, 0.1) is 5.82 Å². The Morgan fingerprint density at radius 1 is 1.16 bits per heavy atom. The van der Waals surface area contributed by atoms with E-state index in [0.717, 1.165) is 11.1 Å². The van der Waals surface area contributed by atoms with Gasteiger partial charge in [-0.1, -0.05) is 12.1 Å². The van der Waals surface area contributed by atoms with Crippen LogP contribution in [0.2, 0.25) is 0 Å². The van der Waals surface area contributed by atoms with E-state index in [-0.39, 0.29) is 17.8 Å². The standard InChI is InChI=1S/C25H25FN2O4/c1-30-22-8-6-16(11-23(22)31-2)7-9-24(29)28-15-19-13-17-12-18(26)14-20(25(17)32-19)21-5-3-4-10-27-21/h3-6,8,10-12,14,19H,7,9,13,15H2,1-2H3,(H,28,29)/t19-/m1/s1. The molecule has 6 nitrogen and oxygen atoms in total. The highest BCUT2D eigenvalue weighted by Crippen LogP contribution is 2.38. The van der Waals surface area contributed by atoms with Crippen molar-refractivity contribution in [1.29, 1.82) is 0 Å².